The van der Waals surface area contributed by atoms with Gasteiger partial charge < -0.3 is 15.1 Å². The normalized spacial score (nSPS) is 17.0. The van der Waals surface area contributed by atoms with Crippen LogP contribution in [0.5, 0.6) is 0 Å². The molecular formula is C12H21N5. The standard InChI is InChI=1S/C12H21N5/c1-16(12-11-14-3-4-15-12)7-2-8-17-9-5-13-6-10-17/h3-4,11,13H,2,5-10H2,1H3. The maximum Gasteiger partial charge on any atom is 0.146 e. The van der Waals surface area contributed by atoms with Crippen molar-refractivity contribution in [2.45, 2.75) is 6.42 Å². The van der Waals surface area contributed by atoms with Crippen LogP contribution in [0.15, 0.2) is 18.6 Å². The molecule has 2 heterocycles. The highest BCUT2D eigenvalue weighted by Crippen LogP contribution is 2.05. The van der Waals surface area contributed by atoms with Crippen LogP contribution in [0.4, 0.5) is 5.82 Å². The van der Waals surface area contributed by atoms with Gasteiger partial charge in [-0.05, 0) is 13.0 Å². The maximum atomic E-state index is 4.28. The molecule has 94 valence electrons. The molecule has 5 heteroatoms. The molecule has 17 heavy (non-hydrogen) atoms. The molecule has 0 saturated carbocycles. The molecule has 1 aromatic rings. The van der Waals surface area contributed by atoms with Crippen molar-refractivity contribution in [1.82, 2.24) is 20.2 Å². The predicted octanol–water partition coefficient (Wildman–Crippen LogP) is 0.208. The van der Waals surface area contributed by atoms with Gasteiger partial charge in [-0.1, -0.05) is 0 Å². The number of anilines is 1. The number of nitrogens with one attached hydrogen (secondary N) is 1. The third-order valence-electron chi connectivity index (χ3n) is 3.12. The second kappa shape index (κ2) is 6.51. The van der Waals surface area contributed by atoms with E-state index < -0.39 is 0 Å². The van der Waals surface area contributed by atoms with E-state index in [9.17, 15) is 0 Å². The molecule has 1 aliphatic rings. The van der Waals surface area contributed by atoms with E-state index in [2.05, 4.69) is 32.1 Å². The van der Waals surface area contributed by atoms with Gasteiger partial charge in [0.2, 0.25) is 0 Å². The molecule has 1 aromatic heterocycles. The lowest BCUT2D eigenvalue weighted by Gasteiger charge is -2.28. The summed E-state index contributed by atoms with van der Waals surface area (Å²) in [7, 11) is 2.07. The fraction of sp³-hybridized carbons (Fsp3) is 0.667. The molecule has 0 radical (unpaired) electrons. The summed E-state index contributed by atoms with van der Waals surface area (Å²) in [6, 6.07) is 0. The highest BCUT2D eigenvalue weighted by atomic mass is 15.2. The Hall–Kier alpha value is -1.20. The molecule has 5 nitrogen and oxygen atoms in total. The van der Waals surface area contributed by atoms with E-state index in [0.29, 0.717) is 0 Å². The summed E-state index contributed by atoms with van der Waals surface area (Å²) in [6.45, 7) is 6.80. The topological polar surface area (TPSA) is 44.3 Å². The van der Waals surface area contributed by atoms with Gasteiger partial charge in [-0.2, -0.15) is 0 Å². The molecule has 0 unspecified atom stereocenters. The molecule has 1 fully saturated rings. The van der Waals surface area contributed by atoms with Crippen LogP contribution < -0.4 is 10.2 Å². The van der Waals surface area contributed by atoms with Crippen LogP contribution in [0.2, 0.25) is 0 Å². The molecule has 1 N–H and O–H groups in total. The van der Waals surface area contributed by atoms with Gasteiger partial charge in [0.05, 0.1) is 6.20 Å². The number of hydrogen-bond acceptors (Lipinski definition) is 5. The van der Waals surface area contributed by atoms with Crippen molar-refractivity contribution in [1.29, 1.82) is 0 Å². The quantitative estimate of drug-likeness (QED) is 0.790. The number of hydrogen-bond donors (Lipinski definition) is 1. The van der Waals surface area contributed by atoms with Gasteiger partial charge in [-0.3, -0.25) is 4.98 Å². The molecule has 0 bridgehead atoms. The minimum atomic E-state index is 0.952. The highest BCUT2D eigenvalue weighted by molar-refractivity contribution is 5.33. The van der Waals surface area contributed by atoms with E-state index >= 15 is 0 Å². The fourth-order valence-corrected chi connectivity index (χ4v) is 2.07. The molecule has 0 atom stereocenters. The molecule has 2 rings (SSSR count). The first-order valence-corrected chi connectivity index (χ1v) is 6.26. The Morgan fingerprint density at radius 1 is 1.35 bits per heavy atom. The van der Waals surface area contributed by atoms with E-state index in [4.69, 9.17) is 0 Å². The predicted molar refractivity (Wildman–Crippen MR) is 69.2 cm³/mol. The smallest absolute Gasteiger partial charge is 0.146 e. The average molecular weight is 235 g/mol. The van der Waals surface area contributed by atoms with Gasteiger partial charge in [0, 0.05) is 52.2 Å². The van der Waals surface area contributed by atoms with E-state index in [1.165, 1.54) is 26.1 Å². The van der Waals surface area contributed by atoms with Crippen LogP contribution in [0.1, 0.15) is 6.42 Å². The van der Waals surface area contributed by atoms with Crippen molar-refractivity contribution in [3.05, 3.63) is 18.6 Å². The molecule has 1 aliphatic heterocycles. The Kier molecular flexibility index (Phi) is 4.70. The lowest BCUT2D eigenvalue weighted by atomic mass is 10.3. The van der Waals surface area contributed by atoms with Crippen molar-refractivity contribution >= 4 is 5.82 Å². The van der Waals surface area contributed by atoms with Crippen molar-refractivity contribution in [3.8, 4) is 0 Å². The van der Waals surface area contributed by atoms with E-state index in [0.717, 1.165) is 25.5 Å². The Morgan fingerprint density at radius 3 is 2.88 bits per heavy atom. The van der Waals surface area contributed by atoms with Gasteiger partial charge in [-0.15, -0.1) is 0 Å². The first-order valence-electron chi connectivity index (χ1n) is 6.26. The first-order chi connectivity index (χ1) is 8.36. The zero-order valence-corrected chi connectivity index (χ0v) is 10.5. The number of nitrogens with zero attached hydrogens (tertiary/aromatic N) is 4. The van der Waals surface area contributed by atoms with E-state index in [1.807, 2.05) is 6.20 Å². The van der Waals surface area contributed by atoms with Crippen LogP contribution in [-0.4, -0.2) is 61.2 Å². The van der Waals surface area contributed by atoms with Gasteiger partial charge in [-0.25, -0.2) is 4.98 Å². The summed E-state index contributed by atoms with van der Waals surface area (Å²) < 4.78 is 0. The summed E-state index contributed by atoms with van der Waals surface area (Å²) >= 11 is 0. The first kappa shape index (κ1) is 12.3. The van der Waals surface area contributed by atoms with Crippen LogP contribution in [0.3, 0.4) is 0 Å². The second-order valence-electron chi connectivity index (χ2n) is 4.43. The van der Waals surface area contributed by atoms with Crippen LogP contribution in [0.25, 0.3) is 0 Å². The van der Waals surface area contributed by atoms with Crippen molar-refractivity contribution < 1.29 is 0 Å². The number of aromatic nitrogens is 2. The zero-order chi connectivity index (χ0) is 11.9. The van der Waals surface area contributed by atoms with Crippen molar-refractivity contribution in [3.63, 3.8) is 0 Å². The van der Waals surface area contributed by atoms with E-state index in [-0.39, 0.29) is 0 Å². The van der Waals surface area contributed by atoms with Crippen LogP contribution >= 0.6 is 0 Å². The fourth-order valence-electron chi connectivity index (χ4n) is 2.07. The molecule has 1 saturated heterocycles. The zero-order valence-electron chi connectivity index (χ0n) is 10.5. The van der Waals surface area contributed by atoms with E-state index in [1.54, 1.807) is 12.4 Å². The Bertz CT molecular complexity index is 310. The van der Waals surface area contributed by atoms with Crippen molar-refractivity contribution in [2.75, 3.05) is 51.2 Å². The van der Waals surface area contributed by atoms with Crippen LogP contribution in [-0.2, 0) is 0 Å². The molecule has 0 aromatic carbocycles. The average Bonchev–Trinajstić information content (AvgIpc) is 2.41. The summed E-state index contributed by atoms with van der Waals surface area (Å²) in [6.07, 6.45) is 6.43. The van der Waals surface area contributed by atoms with Crippen molar-refractivity contribution in [2.24, 2.45) is 0 Å². The monoisotopic (exact) mass is 235 g/mol. The Morgan fingerprint density at radius 2 is 2.18 bits per heavy atom. The molecule has 0 aliphatic carbocycles. The molecular weight excluding hydrogens is 214 g/mol. The third-order valence-corrected chi connectivity index (χ3v) is 3.12. The summed E-state index contributed by atoms with van der Waals surface area (Å²) in [4.78, 5) is 13.0. The minimum Gasteiger partial charge on any atom is -0.358 e. The second-order valence-corrected chi connectivity index (χ2v) is 4.43. The number of rotatable bonds is 5. The summed E-state index contributed by atoms with van der Waals surface area (Å²) in [5, 5.41) is 3.37. The van der Waals surface area contributed by atoms with Gasteiger partial charge in [0.1, 0.15) is 5.82 Å². The lowest BCUT2D eigenvalue weighted by Crippen LogP contribution is -2.44. The Balaban J connectivity index is 1.67. The third kappa shape index (κ3) is 3.94. The van der Waals surface area contributed by atoms with Gasteiger partial charge >= 0.3 is 0 Å². The van der Waals surface area contributed by atoms with Gasteiger partial charge in [0.15, 0.2) is 0 Å². The largest absolute Gasteiger partial charge is 0.358 e. The minimum absolute atomic E-state index is 0.952. The summed E-state index contributed by atoms with van der Waals surface area (Å²) in [5.74, 6) is 0.952. The Labute approximate surface area is 103 Å². The van der Waals surface area contributed by atoms with Gasteiger partial charge in [0.25, 0.3) is 0 Å². The summed E-state index contributed by atoms with van der Waals surface area (Å²) in [5.41, 5.74) is 0. The lowest BCUT2D eigenvalue weighted by molar-refractivity contribution is 0.239. The molecule has 0 spiro atoms. The SMILES string of the molecule is CN(CCCN1CCNCC1)c1cnccn1. The number of piperazine rings is 1. The van der Waals surface area contributed by atoms with Crippen LogP contribution in [0, 0.1) is 0 Å². The molecule has 0 amide bonds. The maximum absolute atomic E-state index is 4.28. The highest BCUT2D eigenvalue weighted by Gasteiger charge is 2.09.